The number of carbonyl (C=O) groups excluding carboxylic acids is 2. The molecule has 0 bridgehead atoms. The third-order valence-electron chi connectivity index (χ3n) is 5.32. The molecule has 0 N–H and O–H groups in total. The number of halogens is 1. The van der Waals surface area contributed by atoms with Gasteiger partial charge in [-0.15, -0.1) is 0 Å². The van der Waals surface area contributed by atoms with E-state index in [4.69, 9.17) is 0 Å². The molecule has 2 aromatic rings. The second kappa shape index (κ2) is 7.55. The Hall–Kier alpha value is -2.63. The van der Waals surface area contributed by atoms with Gasteiger partial charge < -0.3 is 14.4 Å². The summed E-state index contributed by atoms with van der Waals surface area (Å²) >= 11 is 0. The molecule has 0 saturated carbocycles. The lowest BCUT2D eigenvalue weighted by Gasteiger charge is -2.32. The molecule has 2 heterocycles. The summed E-state index contributed by atoms with van der Waals surface area (Å²) in [6, 6.07) is 8.15. The van der Waals surface area contributed by atoms with Crippen molar-refractivity contribution in [1.29, 1.82) is 0 Å². The lowest BCUT2D eigenvalue weighted by molar-refractivity contribution is -0.134. The molecule has 1 aliphatic heterocycles. The number of hydrogen-bond acceptors (Lipinski definition) is 2. The number of aromatic nitrogens is 1. The van der Waals surface area contributed by atoms with E-state index in [1.165, 1.54) is 12.1 Å². The van der Waals surface area contributed by atoms with Gasteiger partial charge in [-0.2, -0.15) is 0 Å². The normalized spacial score (nSPS) is 15.1. The van der Waals surface area contributed by atoms with Gasteiger partial charge in [-0.25, -0.2) is 4.39 Å². The van der Waals surface area contributed by atoms with Gasteiger partial charge >= 0.3 is 0 Å². The van der Waals surface area contributed by atoms with Crippen LogP contribution in [0.3, 0.4) is 0 Å². The maximum absolute atomic E-state index is 13.2. The quantitative estimate of drug-likeness (QED) is 0.832. The molecule has 5 nitrogen and oxygen atoms in total. The van der Waals surface area contributed by atoms with Gasteiger partial charge in [0.25, 0.3) is 5.91 Å². The van der Waals surface area contributed by atoms with Crippen molar-refractivity contribution in [2.75, 3.05) is 27.2 Å². The van der Waals surface area contributed by atoms with E-state index in [2.05, 4.69) is 0 Å². The smallest absolute Gasteiger partial charge is 0.255 e. The zero-order valence-corrected chi connectivity index (χ0v) is 16.3. The molecular formula is C21H26FN3O2. The van der Waals surface area contributed by atoms with Gasteiger partial charge in [0.05, 0.1) is 5.56 Å². The van der Waals surface area contributed by atoms with Crippen LogP contribution in [0, 0.1) is 25.6 Å². The van der Waals surface area contributed by atoms with Crippen molar-refractivity contribution in [3.05, 3.63) is 53.1 Å². The highest BCUT2D eigenvalue weighted by atomic mass is 19.1. The summed E-state index contributed by atoms with van der Waals surface area (Å²) in [5.74, 6) is -0.160. The molecular weight excluding hydrogens is 345 g/mol. The van der Waals surface area contributed by atoms with Crippen LogP contribution in [-0.4, -0.2) is 53.4 Å². The highest BCUT2D eigenvalue weighted by molar-refractivity contribution is 5.96. The van der Waals surface area contributed by atoms with Crippen LogP contribution in [0.1, 0.15) is 34.6 Å². The number of benzene rings is 1. The summed E-state index contributed by atoms with van der Waals surface area (Å²) in [5, 5.41) is 0. The summed E-state index contributed by atoms with van der Waals surface area (Å²) in [6.45, 7) is 5.02. The molecule has 0 spiro atoms. The Morgan fingerprint density at radius 3 is 2.22 bits per heavy atom. The summed E-state index contributed by atoms with van der Waals surface area (Å²) in [5.41, 5.74) is 3.27. The van der Waals surface area contributed by atoms with E-state index in [0.717, 1.165) is 17.1 Å². The first-order valence-electron chi connectivity index (χ1n) is 9.25. The highest BCUT2D eigenvalue weighted by Crippen LogP contribution is 2.25. The monoisotopic (exact) mass is 371 g/mol. The number of aryl methyl sites for hydroxylation is 1. The van der Waals surface area contributed by atoms with Crippen molar-refractivity contribution in [2.24, 2.45) is 5.92 Å². The molecule has 1 saturated heterocycles. The second-order valence-electron chi connectivity index (χ2n) is 7.40. The van der Waals surface area contributed by atoms with Gasteiger partial charge in [-0.1, -0.05) is 0 Å². The maximum atomic E-state index is 13.2. The fraction of sp³-hybridized carbons (Fsp3) is 0.429. The first kappa shape index (κ1) is 19.1. The van der Waals surface area contributed by atoms with E-state index in [-0.39, 0.29) is 23.5 Å². The summed E-state index contributed by atoms with van der Waals surface area (Å²) in [6.07, 6.45) is 1.39. The molecule has 1 aliphatic rings. The first-order valence-corrected chi connectivity index (χ1v) is 9.25. The molecule has 2 amide bonds. The molecule has 3 rings (SSSR count). The Morgan fingerprint density at radius 2 is 1.67 bits per heavy atom. The molecule has 1 aromatic heterocycles. The Kier molecular flexibility index (Phi) is 5.35. The predicted molar refractivity (Wildman–Crippen MR) is 103 cm³/mol. The van der Waals surface area contributed by atoms with Crippen LogP contribution in [0.4, 0.5) is 4.39 Å². The second-order valence-corrected chi connectivity index (χ2v) is 7.40. The molecule has 27 heavy (non-hydrogen) atoms. The Labute approximate surface area is 159 Å². The lowest BCUT2D eigenvalue weighted by atomic mass is 9.95. The predicted octanol–water partition coefficient (Wildman–Crippen LogP) is 3.17. The van der Waals surface area contributed by atoms with Crippen molar-refractivity contribution in [2.45, 2.75) is 26.7 Å². The fourth-order valence-electron chi connectivity index (χ4n) is 3.83. The van der Waals surface area contributed by atoms with Gasteiger partial charge in [-0.3, -0.25) is 9.59 Å². The number of piperidine rings is 1. The average molecular weight is 371 g/mol. The Morgan fingerprint density at radius 1 is 1.07 bits per heavy atom. The number of likely N-dealkylation sites (tertiary alicyclic amines) is 1. The Balaban J connectivity index is 1.78. The van der Waals surface area contributed by atoms with Crippen LogP contribution in [0.5, 0.6) is 0 Å². The third-order valence-corrected chi connectivity index (χ3v) is 5.32. The minimum Gasteiger partial charge on any atom is -0.349 e. The van der Waals surface area contributed by atoms with Crippen LogP contribution in [0.2, 0.25) is 0 Å². The van der Waals surface area contributed by atoms with Gasteiger partial charge in [0.1, 0.15) is 5.82 Å². The highest BCUT2D eigenvalue weighted by Gasteiger charge is 2.30. The molecule has 6 heteroatoms. The fourth-order valence-corrected chi connectivity index (χ4v) is 3.83. The van der Waals surface area contributed by atoms with Crippen LogP contribution < -0.4 is 0 Å². The summed E-state index contributed by atoms with van der Waals surface area (Å²) in [4.78, 5) is 28.6. The average Bonchev–Trinajstić information content (AvgIpc) is 2.95. The third kappa shape index (κ3) is 3.75. The largest absolute Gasteiger partial charge is 0.349 e. The van der Waals surface area contributed by atoms with Crippen molar-refractivity contribution in [3.63, 3.8) is 0 Å². The van der Waals surface area contributed by atoms with Gasteiger partial charge in [-0.05, 0) is 57.0 Å². The number of nitrogens with zero attached hydrogens (tertiary/aromatic N) is 3. The van der Waals surface area contributed by atoms with Crippen LogP contribution in [0.15, 0.2) is 30.3 Å². The number of carbonyl (C=O) groups is 2. The SMILES string of the molecule is Cc1cc(C(=O)N2CCC(C(=O)N(C)C)CC2)c(C)n1-c1ccc(F)cc1. The molecule has 1 aromatic carbocycles. The summed E-state index contributed by atoms with van der Waals surface area (Å²) in [7, 11) is 3.54. The van der Waals surface area contributed by atoms with Gasteiger partial charge in [0, 0.05) is 50.2 Å². The van der Waals surface area contributed by atoms with Gasteiger partial charge in [0.2, 0.25) is 5.91 Å². The molecule has 144 valence electrons. The first-order chi connectivity index (χ1) is 12.8. The van der Waals surface area contributed by atoms with Crippen LogP contribution >= 0.6 is 0 Å². The minimum atomic E-state index is -0.285. The Bertz CT molecular complexity index is 847. The number of hydrogen-bond donors (Lipinski definition) is 0. The molecule has 0 radical (unpaired) electrons. The zero-order chi connectivity index (χ0) is 19.7. The standard InChI is InChI=1S/C21H26FN3O2/c1-14-13-19(15(2)25(14)18-7-5-17(22)6-8-18)21(27)24-11-9-16(10-12-24)20(26)23(3)4/h5-8,13,16H,9-12H2,1-4H3. The maximum Gasteiger partial charge on any atom is 0.255 e. The molecule has 1 fully saturated rings. The summed E-state index contributed by atoms with van der Waals surface area (Å²) < 4.78 is 15.2. The van der Waals surface area contributed by atoms with Crippen molar-refractivity contribution < 1.29 is 14.0 Å². The molecule has 0 aliphatic carbocycles. The molecule has 0 atom stereocenters. The van der Waals surface area contributed by atoms with Crippen molar-refractivity contribution in [3.8, 4) is 5.69 Å². The lowest BCUT2D eigenvalue weighted by Crippen LogP contribution is -2.42. The van der Waals surface area contributed by atoms with Crippen LogP contribution in [-0.2, 0) is 4.79 Å². The van der Waals surface area contributed by atoms with Crippen molar-refractivity contribution >= 4 is 11.8 Å². The van der Waals surface area contributed by atoms with Crippen LogP contribution in [0.25, 0.3) is 5.69 Å². The minimum absolute atomic E-state index is 0.00398. The topological polar surface area (TPSA) is 45.6 Å². The van der Waals surface area contributed by atoms with E-state index >= 15 is 0 Å². The van der Waals surface area contributed by atoms with E-state index < -0.39 is 0 Å². The number of amides is 2. The number of rotatable bonds is 3. The van der Waals surface area contributed by atoms with E-state index in [9.17, 15) is 14.0 Å². The van der Waals surface area contributed by atoms with E-state index in [0.29, 0.717) is 31.5 Å². The van der Waals surface area contributed by atoms with E-state index in [1.54, 1.807) is 31.1 Å². The van der Waals surface area contributed by atoms with E-state index in [1.807, 2.05) is 29.4 Å². The molecule has 0 unspecified atom stereocenters. The van der Waals surface area contributed by atoms with Gasteiger partial charge in [0.15, 0.2) is 0 Å². The zero-order valence-electron chi connectivity index (χ0n) is 16.3. The van der Waals surface area contributed by atoms with Crippen molar-refractivity contribution in [1.82, 2.24) is 14.4 Å².